The predicted octanol–water partition coefficient (Wildman–Crippen LogP) is 4.65. The number of non-ortho nitro benzene ring substituents is 1. The summed E-state index contributed by atoms with van der Waals surface area (Å²) in [7, 11) is 0. The highest BCUT2D eigenvalue weighted by Crippen LogP contribution is 2.33. The van der Waals surface area contributed by atoms with Crippen molar-refractivity contribution >= 4 is 28.1 Å². The number of halogens is 1. The van der Waals surface area contributed by atoms with Crippen LogP contribution >= 0.6 is 0 Å². The van der Waals surface area contributed by atoms with Crippen LogP contribution in [-0.2, 0) is 0 Å². The molecule has 8 nitrogen and oxygen atoms in total. The molecule has 3 heterocycles. The number of para-hydroxylation sites is 1. The van der Waals surface area contributed by atoms with Crippen molar-refractivity contribution in [1.82, 2.24) is 14.5 Å². The van der Waals surface area contributed by atoms with E-state index in [1.54, 1.807) is 46.0 Å². The number of anilines is 1. The fourth-order valence-electron chi connectivity index (χ4n) is 4.90. The molecule has 1 aliphatic heterocycles. The molecule has 0 radical (unpaired) electrons. The number of piperazine rings is 1. The Morgan fingerprint density at radius 1 is 1.00 bits per heavy atom. The Kier molecular flexibility index (Phi) is 5.68. The van der Waals surface area contributed by atoms with Gasteiger partial charge in [0.05, 0.1) is 21.6 Å². The predicted molar refractivity (Wildman–Crippen MR) is 132 cm³/mol. The lowest BCUT2D eigenvalue weighted by Crippen LogP contribution is -2.49. The van der Waals surface area contributed by atoms with Gasteiger partial charge in [-0.05, 0) is 44.2 Å². The second kappa shape index (κ2) is 8.83. The van der Waals surface area contributed by atoms with Crippen molar-refractivity contribution in [3.05, 3.63) is 93.8 Å². The maximum absolute atomic E-state index is 14.4. The smallest absolute Gasteiger partial charge is 0.278 e. The summed E-state index contributed by atoms with van der Waals surface area (Å²) in [5, 5.41) is 12.7. The molecule has 0 N–H and O–H groups in total. The lowest BCUT2D eigenvalue weighted by molar-refractivity contribution is -0.383. The normalized spacial score (nSPS) is 13.9. The SMILES string of the molecule is Cc1cc(C(=O)N2CCN(c3ccc([N+](=O)[O-])c4cnccc34)CC2)c(C)n1-c1ccccc1F. The summed E-state index contributed by atoms with van der Waals surface area (Å²) >= 11 is 0. The minimum absolute atomic E-state index is 0.0240. The van der Waals surface area contributed by atoms with Crippen LogP contribution in [0.2, 0.25) is 0 Å². The van der Waals surface area contributed by atoms with Crippen LogP contribution in [0.4, 0.5) is 15.8 Å². The highest BCUT2D eigenvalue weighted by Gasteiger charge is 2.27. The molecule has 0 unspecified atom stereocenters. The second-order valence-corrected chi connectivity index (χ2v) is 8.63. The van der Waals surface area contributed by atoms with Gasteiger partial charge >= 0.3 is 0 Å². The van der Waals surface area contributed by atoms with Crippen LogP contribution < -0.4 is 4.90 Å². The first-order chi connectivity index (χ1) is 16.9. The lowest BCUT2D eigenvalue weighted by atomic mass is 10.1. The van der Waals surface area contributed by atoms with E-state index in [-0.39, 0.29) is 17.4 Å². The van der Waals surface area contributed by atoms with E-state index in [0.29, 0.717) is 48.5 Å². The van der Waals surface area contributed by atoms with E-state index in [2.05, 4.69) is 9.88 Å². The van der Waals surface area contributed by atoms with E-state index in [0.717, 1.165) is 16.8 Å². The molecule has 2 aromatic heterocycles. The van der Waals surface area contributed by atoms with Gasteiger partial charge in [-0.1, -0.05) is 12.1 Å². The standard InChI is InChI=1S/C26H24FN5O3/c1-17-15-20(18(2)31(17)25-6-4-3-5-22(25)27)26(33)30-13-11-29(12-14-30)23-7-8-24(32(34)35)21-16-28-10-9-19(21)23/h3-10,15-16H,11-14H2,1-2H3. The topological polar surface area (TPSA) is 84.5 Å². The zero-order valence-corrected chi connectivity index (χ0v) is 19.4. The maximum Gasteiger partial charge on any atom is 0.278 e. The molecule has 0 atom stereocenters. The molecule has 4 aromatic rings. The Morgan fingerprint density at radius 2 is 1.74 bits per heavy atom. The van der Waals surface area contributed by atoms with Gasteiger partial charge in [0.15, 0.2) is 0 Å². The monoisotopic (exact) mass is 473 g/mol. The second-order valence-electron chi connectivity index (χ2n) is 8.63. The number of hydrogen-bond acceptors (Lipinski definition) is 5. The molecule has 9 heteroatoms. The number of amides is 1. The number of hydrogen-bond donors (Lipinski definition) is 0. The van der Waals surface area contributed by atoms with Gasteiger partial charge in [-0.3, -0.25) is 19.9 Å². The van der Waals surface area contributed by atoms with Gasteiger partial charge in [-0.15, -0.1) is 0 Å². The van der Waals surface area contributed by atoms with E-state index in [9.17, 15) is 19.3 Å². The van der Waals surface area contributed by atoms with Crippen molar-refractivity contribution in [2.24, 2.45) is 0 Å². The highest BCUT2D eigenvalue weighted by molar-refractivity contribution is 6.00. The van der Waals surface area contributed by atoms with E-state index in [1.165, 1.54) is 18.3 Å². The van der Waals surface area contributed by atoms with Crippen LogP contribution in [0.3, 0.4) is 0 Å². The summed E-state index contributed by atoms with van der Waals surface area (Å²) < 4.78 is 16.2. The minimum atomic E-state index is -0.401. The van der Waals surface area contributed by atoms with E-state index in [1.807, 2.05) is 19.9 Å². The molecule has 5 rings (SSSR count). The zero-order chi connectivity index (χ0) is 24.7. The summed E-state index contributed by atoms with van der Waals surface area (Å²) in [6.07, 6.45) is 3.14. The van der Waals surface area contributed by atoms with E-state index < -0.39 is 4.92 Å². The molecule has 0 spiro atoms. The van der Waals surface area contributed by atoms with Crippen molar-refractivity contribution in [2.75, 3.05) is 31.1 Å². The number of carbonyl (C=O) groups is 1. The summed E-state index contributed by atoms with van der Waals surface area (Å²) in [6, 6.07) is 13.4. The number of benzene rings is 2. The third kappa shape index (κ3) is 3.88. The number of nitrogens with zero attached hydrogens (tertiary/aromatic N) is 5. The fraction of sp³-hybridized carbons (Fsp3) is 0.231. The van der Waals surface area contributed by atoms with Crippen LogP contribution in [0.1, 0.15) is 21.7 Å². The summed E-state index contributed by atoms with van der Waals surface area (Å²) in [6.45, 7) is 5.89. The Hall–Kier alpha value is -4.27. The van der Waals surface area contributed by atoms with Gasteiger partial charge in [0.2, 0.25) is 0 Å². The number of rotatable bonds is 4. The molecular formula is C26H24FN5O3. The first-order valence-electron chi connectivity index (χ1n) is 11.4. The number of carbonyl (C=O) groups excluding carboxylic acids is 1. The molecule has 1 saturated heterocycles. The summed E-state index contributed by atoms with van der Waals surface area (Å²) in [5.74, 6) is -0.425. The molecule has 1 fully saturated rings. The largest absolute Gasteiger partial charge is 0.367 e. The van der Waals surface area contributed by atoms with Crippen molar-refractivity contribution < 1.29 is 14.1 Å². The van der Waals surface area contributed by atoms with Crippen LogP contribution in [0, 0.1) is 29.8 Å². The Bertz CT molecular complexity index is 1460. The van der Waals surface area contributed by atoms with E-state index >= 15 is 0 Å². The molecule has 0 bridgehead atoms. The average molecular weight is 474 g/mol. The number of aromatic nitrogens is 2. The zero-order valence-electron chi connectivity index (χ0n) is 19.4. The summed E-state index contributed by atoms with van der Waals surface area (Å²) in [4.78, 5) is 32.4. The number of pyridine rings is 1. The number of fused-ring (bicyclic) bond motifs is 1. The van der Waals surface area contributed by atoms with Crippen LogP contribution in [0.5, 0.6) is 0 Å². The third-order valence-electron chi connectivity index (χ3n) is 6.63. The van der Waals surface area contributed by atoms with Crippen molar-refractivity contribution in [2.45, 2.75) is 13.8 Å². The maximum atomic E-state index is 14.4. The lowest BCUT2D eigenvalue weighted by Gasteiger charge is -2.36. The average Bonchev–Trinajstić information content (AvgIpc) is 3.16. The number of nitro groups is 1. The Morgan fingerprint density at radius 3 is 2.46 bits per heavy atom. The van der Waals surface area contributed by atoms with Crippen molar-refractivity contribution in [3.63, 3.8) is 0 Å². The molecule has 2 aromatic carbocycles. The number of aryl methyl sites for hydroxylation is 1. The van der Waals surface area contributed by atoms with E-state index in [4.69, 9.17) is 0 Å². The van der Waals surface area contributed by atoms with Crippen LogP contribution in [-0.4, -0.2) is 51.5 Å². The first-order valence-corrected chi connectivity index (χ1v) is 11.4. The molecule has 1 aliphatic rings. The van der Waals surface area contributed by atoms with Gasteiger partial charge in [0, 0.05) is 67.1 Å². The van der Waals surface area contributed by atoms with Crippen molar-refractivity contribution in [3.8, 4) is 5.69 Å². The quantitative estimate of drug-likeness (QED) is 0.318. The van der Waals surface area contributed by atoms with Gasteiger partial charge in [-0.2, -0.15) is 0 Å². The summed E-state index contributed by atoms with van der Waals surface area (Å²) in [5.41, 5.74) is 3.39. The molecule has 35 heavy (non-hydrogen) atoms. The van der Waals surface area contributed by atoms with Gasteiger partial charge in [0.25, 0.3) is 11.6 Å². The minimum Gasteiger partial charge on any atom is -0.367 e. The fourth-order valence-corrected chi connectivity index (χ4v) is 4.90. The van der Waals surface area contributed by atoms with Crippen LogP contribution in [0.25, 0.3) is 16.5 Å². The first kappa shape index (κ1) is 22.5. The molecule has 0 aliphatic carbocycles. The van der Waals surface area contributed by atoms with Gasteiger partial charge in [0.1, 0.15) is 5.82 Å². The molecule has 0 saturated carbocycles. The Balaban J connectivity index is 1.37. The van der Waals surface area contributed by atoms with Gasteiger partial charge < -0.3 is 14.4 Å². The molecule has 1 amide bonds. The van der Waals surface area contributed by atoms with Crippen LogP contribution in [0.15, 0.2) is 60.9 Å². The third-order valence-corrected chi connectivity index (χ3v) is 6.63. The number of nitro benzene ring substituents is 1. The molecule has 178 valence electrons. The molecular weight excluding hydrogens is 449 g/mol. The highest BCUT2D eigenvalue weighted by atomic mass is 19.1. The van der Waals surface area contributed by atoms with Crippen molar-refractivity contribution in [1.29, 1.82) is 0 Å². The Labute approximate surface area is 201 Å². The van der Waals surface area contributed by atoms with Gasteiger partial charge in [-0.25, -0.2) is 4.39 Å².